The molecule has 132 valence electrons. The lowest BCUT2D eigenvalue weighted by Crippen LogP contribution is -2.18. The summed E-state index contributed by atoms with van der Waals surface area (Å²) in [7, 11) is 0. The molecular weight excluding hydrogens is 390 g/mol. The molecule has 24 heavy (non-hydrogen) atoms. The SMILES string of the molecule is Cl.NCCOc1cc(-c2ccc(Cl)cc2Cl)ccc1OC(F)(F)F. The molecule has 0 aromatic heterocycles. The van der Waals surface area contributed by atoms with Crippen LogP contribution in [-0.2, 0) is 0 Å². The summed E-state index contributed by atoms with van der Waals surface area (Å²) in [6.45, 7) is 0.198. The van der Waals surface area contributed by atoms with E-state index in [0.717, 1.165) is 0 Å². The summed E-state index contributed by atoms with van der Waals surface area (Å²) < 4.78 is 46.5. The molecule has 3 nitrogen and oxygen atoms in total. The Hall–Kier alpha value is -1.34. The molecule has 0 saturated heterocycles. The third-order valence-corrected chi connectivity index (χ3v) is 3.33. The van der Waals surface area contributed by atoms with E-state index >= 15 is 0 Å². The van der Waals surface area contributed by atoms with Crippen LogP contribution in [0.1, 0.15) is 0 Å². The Kier molecular flexibility index (Phi) is 7.48. The van der Waals surface area contributed by atoms with Crippen molar-refractivity contribution in [3.63, 3.8) is 0 Å². The fourth-order valence-electron chi connectivity index (χ4n) is 1.89. The van der Waals surface area contributed by atoms with Crippen LogP contribution >= 0.6 is 35.6 Å². The van der Waals surface area contributed by atoms with Crippen LogP contribution in [0.4, 0.5) is 13.2 Å². The van der Waals surface area contributed by atoms with Crippen molar-refractivity contribution < 1.29 is 22.6 Å². The highest BCUT2D eigenvalue weighted by Crippen LogP contribution is 2.38. The summed E-state index contributed by atoms with van der Waals surface area (Å²) in [4.78, 5) is 0. The minimum Gasteiger partial charge on any atom is -0.488 e. The molecule has 0 bridgehead atoms. The number of rotatable bonds is 5. The fraction of sp³-hybridized carbons (Fsp3) is 0.200. The minimum atomic E-state index is -4.82. The van der Waals surface area contributed by atoms with Gasteiger partial charge in [-0.1, -0.05) is 35.3 Å². The highest BCUT2D eigenvalue weighted by Gasteiger charge is 2.32. The van der Waals surface area contributed by atoms with E-state index in [4.69, 9.17) is 33.7 Å². The average Bonchev–Trinajstić information content (AvgIpc) is 2.45. The molecule has 0 aliphatic heterocycles. The van der Waals surface area contributed by atoms with E-state index in [0.29, 0.717) is 21.2 Å². The summed E-state index contributed by atoms with van der Waals surface area (Å²) in [6.07, 6.45) is -4.82. The monoisotopic (exact) mass is 401 g/mol. The molecule has 2 aromatic carbocycles. The van der Waals surface area contributed by atoms with Crippen LogP contribution in [0.25, 0.3) is 11.1 Å². The zero-order valence-electron chi connectivity index (χ0n) is 12.1. The molecule has 2 rings (SSSR count). The Labute approximate surface area is 152 Å². The molecule has 9 heteroatoms. The maximum absolute atomic E-state index is 12.4. The lowest BCUT2D eigenvalue weighted by Gasteiger charge is -2.15. The molecule has 0 spiro atoms. The third-order valence-electron chi connectivity index (χ3n) is 2.79. The van der Waals surface area contributed by atoms with E-state index in [1.807, 2.05) is 0 Å². The van der Waals surface area contributed by atoms with Crippen LogP contribution in [0.3, 0.4) is 0 Å². The molecule has 0 unspecified atom stereocenters. The largest absolute Gasteiger partial charge is 0.573 e. The van der Waals surface area contributed by atoms with E-state index in [1.54, 1.807) is 18.2 Å². The molecule has 0 saturated carbocycles. The zero-order valence-corrected chi connectivity index (χ0v) is 14.4. The minimum absolute atomic E-state index is 0. The van der Waals surface area contributed by atoms with Gasteiger partial charge in [0.1, 0.15) is 6.61 Å². The molecule has 2 N–H and O–H groups in total. The second-order valence-electron chi connectivity index (χ2n) is 4.47. The van der Waals surface area contributed by atoms with Gasteiger partial charge in [-0.25, -0.2) is 0 Å². The number of nitrogens with two attached hydrogens (primary N) is 1. The van der Waals surface area contributed by atoms with Crippen molar-refractivity contribution in [2.24, 2.45) is 5.73 Å². The number of ether oxygens (including phenoxy) is 2. The highest BCUT2D eigenvalue weighted by molar-refractivity contribution is 6.36. The van der Waals surface area contributed by atoms with Crippen molar-refractivity contribution in [2.75, 3.05) is 13.2 Å². The van der Waals surface area contributed by atoms with E-state index < -0.39 is 12.1 Å². The van der Waals surface area contributed by atoms with Crippen LogP contribution < -0.4 is 15.2 Å². The Morgan fingerprint density at radius 2 is 1.71 bits per heavy atom. The Balaban J connectivity index is 0.00000288. The normalized spacial score (nSPS) is 10.9. The van der Waals surface area contributed by atoms with Crippen LogP contribution in [0, 0.1) is 0 Å². The zero-order chi connectivity index (χ0) is 17.0. The first-order valence-electron chi connectivity index (χ1n) is 6.48. The first-order chi connectivity index (χ1) is 10.8. The summed E-state index contributed by atoms with van der Waals surface area (Å²) >= 11 is 11.9. The number of hydrogen-bond acceptors (Lipinski definition) is 3. The molecule has 0 atom stereocenters. The van der Waals surface area contributed by atoms with Crippen molar-refractivity contribution >= 4 is 35.6 Å². The first-order valence-corrected chi connectivity index (χ1v) is 7.24. The smallest absolute Gasteiger partial charge is 0.488 e. The predicted molar refractivity (Wildman–Crippen MR) is 90.4 cm³/mol. The maximum atomic E-state index is 12.4. The maximum Gasteiger partial charge on any atom is 0.573 e. The number of benzene rings is 2. The molecule has 0 radical (unpaired) electrons. The van der Waals surface area contributed by atoms with Crippen molar-refractivity contribution in [1.82, 2.24) is 0 Å². The van der Waals surface area contributed by atoms with Gasteiger partial charge in [0.2, 0.25) is 0 Å². The average molecular weight is 403 g/mol. The third kappa shape index (κ3) is 5.63. The first kappa shape index (κ1) is 20.7. The lowest BCUT2D eigenvalue weighted by molar-refractivity contribution is -0.275. The molecular formula is C15H13Cl3F3NO2. The van der Waals surface area contributed by atoms with Gasteiger partial charge in [-0.3, -0.25) is 0 Å². The van der Waals surface area contributed by atoms with E-state index in [-0.39, 0.29) is 31.3 Å². The van der Waals surface area contributed by atoms with Gasteiger partial charge in [0, 0.05) is 22.2 Å². The quantitative estimate of drug-likeness (QED) is 0.736. The van der Waals surface area contributed by atoms with E-state index in [1.165, 1.54) is 18.2 Å². The summed E-state index contributed by atoms with van der Waals surface area (Å²) in [6, 6.07) is 8.86. The van der Waals surface area contributed by atoms with Crippen molar-refractivity contribution in [3.8, 4) is 22.6 Å². The van der Waals surface area contributed by atoms with Crippen molar-refractivity contribution in [1.29, 1.82) is 0 Å². The van der Waals surface area contributed by atoms with Crippen LogP contribution in [0.5, 0.6) is 11.5 Å². The topological polar surface area (TPSA) is 44.5 Å². The van der Waals surface area contributed by atoms with Gasteiger partial charge < -0.3 is 15.2 Å². The summed E-state index contributed by atoms with van der Waals surface area (Å²) in [5.41, 5.74) is 6.49. The van der Waals surface area contributed by atoms with Crippen LogP contribution in [0.15, 0.2) is 36.4 Å². The van der Waals surface area contributed by atoms with E-state index in [2.05, 4.69) is 4.74 Å². The van der Waals surface area contributed by atoms with Crippen molar-refractivity contribution in [2.45, 2.75) is 6.36 Å². The van der Waals surface area contributed by atoms with Gasteiger partial charge in [0.15, 0.2) is 11.5 Å². The highest BCUT2D eigenvalue weighted by atomic mass is 35.5. The van der Waals surface area contributed by atoms with Crippen LogP contribution in [-0.4, -0.2) is 19.5 Å². The van der Waals surface area contributed by atoms with Crippen LogP contribution in [0.2, 0.25) is 10.0 Å². The molecule has 0 aliphatic carbocycles. The molecule has 0 amide bonds. The standard InChI is InChI=1S/C15H12Cl2F3NO2.ClH/c16-10-2-3-11(12(17)8-10)9-1-4-13(23-15(18,19)20)14(7-9)22-6-5-21;/h1-4,7-8H,5-6,21H2;1H. The van der Waals surface area contributed by atoms with Crippen molar-refractivity contribution in [3.05, 3.63) is 46.4 Å². The lowest BCUT2D eigenvalue weighted by atomic mass is 10.1. The molecule has 0 aliphatic rings. The second kappa shape index (κ2) is 8.67. The fourth-order valence-corrected chi connectivity index (χ4v) is 2.41. The molecule has 0 heterocycles. The molecule has 2 aromatic rings. The summed E-state index contributed by atoms with van der Waals surface area (Å²) in [5, 5.41) is 0.821. The number of hydrogen-bond donors (Lipinski definition) is 1. The van der Waals surface area contributed by atoms with Gasteiger partial charge in [0.05, 0.1) is 0 Å². The second-order valence-corrected chi connectivity index (χ2v) is 5.31. The van der Waals surface area contributed by atoms with Gasteiger partial charge in [-0.2, -0.15) is 0 Å². The Morgan fingerprint density at radius 1 is 1.00 bits per heavy atom. The number of alkyl halides is 3. The Morgan fingerprint density at radius 3 is 2.29 bits per heavy atom. The Bertz CT molecular complexity index is 696. The number of halogens is 6. The van der Waals surface area contributed by atoms with E-state index in [9.17, 15) is 13.2 Å². The van der Waals surface area contributed by atoms with Gasteiger partial charge in [-0.15, -0.1) is 25.6 Å². The van der Waals surface area contributed by atoms with Gasteiger partial charge in [0.25, 0.3) is 0 Å². The molecule has 0 fully saturated rings. The summed E-state index contributed by atoms with van der Waals surface area (Å²) in [5.74, 6) is -0.518. The predicted octanol–water partition coefficient (Wildman–Crippen LogP) is 5.32. The van der Waals surface area contributed by atoms with Gasteiger partial charge in [-0.05, 0) is 29.8 Å². The van der Waals surface area contributed by atoms with Gasteiger partial charge >= 0.3 is 6.36 Å².